The maximum atomic E-state index is 12.4. The van der Waals surface area contributed by atoms with Crippen molar-refractivity contribution in [3.63, 3.8) is 0 Å². The molecule has 0 radical (unpaired) electrons. The third-order valence-corrected chi connectivity index (χ3v) is 6.60. The molecule has 0 aliphatic rings. The van der Waals surface area contributed by atoms with Gasteiger partial charge < -0.3 is 5.32 Å². The second kappa shape index (κ2) is 20.8. The first-order chi connectivity index (χ1) is 16.9. The topological polar surface area (TPSA) is 99.0 Å². The maximum Gasteiger partial charge on any atom is 0.567 e. The van der Waals surface area contributed by atoms with Gasteiger partial charge in [0.25, 0.3) is 0 Å². The van der Waals surface area contributed by atoms with E-state index in [4.69, 9.17) is 19.2 Å². The minimum atomic E-state index is -4.32. The number of benzene rings is 1. The van der Waals surface area contributed by atoms with E-state index in [-0.39, 0.29) is 12.5 Å². The van der Waals surface area contributed by atoms with Gasteiger partial charge in [0.1, 0.15) is 6.61 Å². The lowest BCUT2D eigenvalue weighted by atomic mass is 10.0. The van der Waals surface area contributed by atoms with Gasteiger partial charge in [-0.3, -0.25) is 4.79 Å². The quantitative estimate of drug-likeness (QED) is 0.0780. The Morgan fingerprint density at radius 2 is 1.46 bits per heavy atom. The molecule has 1 aromatic carbocycles. The fourth-order valence-corrected chi connectivity index (χ4v) is 4.41. The van der Waals surface area contributed by atoms with Gasteiger partial charge in [-0.15, -0.1) is 0 Å². The zero-order chi connectivity index (χ0) is 25.6. The molecule has 0 heterocycles. The molecule has 0 spiro atoms. The van der Waals surface area contributed by atoms with E-state index in [1.165, 1.54) is 57.8 Å². The number of rotatable bonds is 22. The Hall–Kier alpha value is -1.30. The van der Waals surface area contributed by atoms with E-state index in [0.717, 1.165) is 37.7 Å². The number of nitrogens with one attached hydrogen (secondary N) is 1. The van der Waals surface area contributed by atoms with Crippen LogP contribution in [0, 0.1) is 0 Å². The van der Waals surface area contributed by atoms with E-state index >= 15 is 0 Å². The van der Waals surface area contributed by atoms with Crippen molar-refractivity contribution in [3.05, 3.63) is 48.0 Å². The molecule has 1 aromatic rings. The summed E-state index contributed by atoms with van der Waals surface area (Å²) < 4.78 is 4.77. The average molecular weight is 511 g/mol. The number of aryl methyl sites for hydroxylation is 1. The van der Waals surface area contributed by atoms with Crippen LogP contribution in [0.25, 0.3) is 0 Å². The van der Waals surface area contributed by atoms with Crippen molar-refractivity contribution in [3.8, 4) is 0 Å². The van der Waals surface area contributed by atoms with Gasteiger partial charge in [-0.2, -0.15) is 19.2 Å². The van der Waals surface area contributed by atoms with Crippen molar-refractivity contribution in [1.29, 1.82) is 0 Å². The van der Waals surface area contributed by atoms with E-state index in [1.54, 1.807) is 0 Å². The Morgan fingerprint density at radius 3 is 2.06 bits per heavy atom. The number of allylic oxidation sites excluding steroid dienone is 2. The predicted molar refractivity (Wildman–Crippen MR) is 146 cm³/mol. The van der Waals surface area contributed by atoms with Crippen LogP contribution in [0.1, 0.15) is 109 Å². The van der Waals surface area contributed by atoms with Crippen LogP contribution < -0.4 is 5.32 Å². The van der Waals surface area contributed by atoms with Gasteiger partial charge in [-0.25, -0.2) is 0 Å². The van der Waals surface area contributed by atoms with Crippen LogP contribution in [-0.4, -0.2) is 33.2 Å². The smallest absolute Gasteiger partial charge is 0.351 e. The van der Waals surface area contributed by atoms with Crippen LogP contribution in [0.5, 0.6) is 0 Å². The van der Waals surface area contributed by atoms with Crippen molar-refractivity contribution in [2.75, 3.05) is 6.61 Å². The molecule has 35 heavy (non-hydrogen) atoms. The van der Waals surface area contributed by atoms with Crippen molar-refractivity contribution in [2.24, 2.45) is 0 Å². The fourth-order valence-electron chi connectivity index (χ4n) is 4.03. The highest BCUT2D eigenvalue weighted by Gasteiger charge is 2.34. The van der Waals surface area contributed by atoms with Crippen LogP contribution >= 0.6 is 8.17 Å². The Labute approximate surface area is 213 Å². The van der Waals surface area contributed by atoms with Gasteiger partial charge >= 0.3 is 8.17 Å². The number of hydrogen-bond donors (Lipinski definition) is 4. The van der Waals surface area contributed by atoms with Crippen molar-refractivity contribution in [1.82, 2.24) is 5.32 Å². The lowest BCUT2D eigenvalue weighted by Gasteiger charge is -2.18. The Morgan fingerprint density at radius 1 is 0.886 bits per heavy atom. The first-order valence-electron chi connectivity index (χ1n) is 13.6. The van der Waals surface area contributed by atoms with Crippen LogP contribution in [0.2, 0.25) is 0 Å². The van der Waals surface area contributed by atoms with Gasteiger partial charge in [-0.1, -0.05) is 101 Å². The minimum absolute atomic E-state index is 0.0676. The predicted octanol–water partition coefficient (Wildman–Crippen LogP) is 6.81. The van der Waals surface area contributed by atoms with E-state index in [9.17, 15) is 4.79 Å². The molecule has 0 aliphatic carbocycles. The van der Waals surface area contributed by atoms with Gasteiger partial charge in [-0.05, 0) is 50.5 Å². The highest BCUT2D eigenvalue weighted by atomic mass is 31.2. The monoisotopic (exact) mass is 510 g/mol. The molecule has 200 valence electrons. The number of unbranched alkanes of at least 4 members (excludes halogenated alkanes) is 11. The number of carbonyl (C=O) groups excluding carboxylic acids is 1. The Balaban J connectivity index is 2.11. The van der Waals surface area contributed by atoms with Gasteiger partial charge in [0.2, 0.25) is 5.91 Å². The maximum absolute atomic E-state index is 12.4. The summed E-state index contributed by atoms with van der Waals surface area (Å²) in [5.41, 5.74) is 1.13. The van der Waals surface area contributed by atoms with Crippen LogP contribution in [0.4, 0.5) is 0 Å². The molecule has 1 rings (SSSR count). The summed E-state index contributed by atoms with van der Waals surface area (Å²) in [6, 6.07) is 9.48. The third kappa shape index (κ3) is 20.6. The molecule has 0 bridgehead atoms. The van der Waals surface area contributed by atoms with Crippen molar-refractivity contribution < 1.29 is 24.0 Å². The lowest BCUT2D eigenvalue weighted by Crippen LogP contribution is -2.38. The van der Waals surface area contributed by atoms with Crippen molar-refractivity contribution in [2.45, 2.75) is 116 Å². The van der Waals surface area contributed by atoms with Crippen LogP contribution in [-0.2, 0) is 15.7 Å². The zero-order valence-corrected chi connectivity index (χ0v) is 22.6. The summed E-state index contributed by atoms with van der Waals surface area (Å²) >= 11 is 0. The minimum Gasteiger partial charge on any atom is -0.351 e. The van der Waals surface area contributed by atoms with E-state index < -0.39 is 14.2 Å². The summed E-state index contributed by atoms with van der Waals surface area (Å²) in [7, 11) is -4.32. The molecule has 0 aliphatic heterocycles. The summed E-state index contributed by atoms with van der Waals surface area (Å²) in [5, 5.41) is 2.92. The van der Waals surface area contributed by atoms with Crippen LogP contribution in [0.15, 0.2) is 42.5 Å². The van der Waals surface area contributed by atoms with Crippen molar-refractivity contribution >= 4 is 14.1 Å². The third-order valence-electron chi connectivity index (χ3n) is 6.10. The van der Waals surface area contributed by atoms with Crippen LogP contribution in [0.3, 0.4) is 0 Å². The van der Waals surface area contributed by atoms with E-state index in [1.807, 2.05) is 30.3 Å². The number of carbonyl (C=O) groups is 1. The summed E-state index contributed by atoms with van der Waals surface area (Å²) in [4.78, 5) is 39.7. The summed E-state index contributed by atoms with van der Waals surface area (Å²) in [6.07, 6.45) is 22.2. The molecule has 0 saturated heterocycles. The molecule has 0 saturated carbocycles. The normalized spacial score (nSPS) is 12.8. The molecule has 6 nitrogen and oxygen atoms in total. The largest absolute Gasteiger partial charge is 0.567 e. The lowest BCUT2D eigenvalue weighted by molar-refractivity contribution is -0.122. The molecule has 0 fully saturated rings. The zero-order valence-electron chi connectivity index (χ0n) is 21.7. The summed E-state index contributed by atoms with van der Waals surface area (Å²) in [5.74, 6) is -0.0676. The highest BCUT2D eigenvalue weighted by Crippen LogP contribution is 2.45. The van der Waals surface area contributed by atoms with Gasteiger partial charge in [0.15, 0.2) is 0 Å². The first-order valence-corrected chi connectivity index (χ1v) is 15.2. The second-order valence-corrected chi connectivity index (χ2v) is 10.7. The van der Waals surface area contributed by atoms with Gasteiger partial charge in [0, 0.05) is 6.42 Å². The molecule has 1 amide bonds. The standard InChI is InChI=1S/C28H48NO5P/c1-2-3-4-5-6-7-8-9-10-11-12-13-14-15-19-22-28(30)29-27(25-34-35(31,32)33)24-23-26-20-17-16-18-21-26/h9-10,16-18,20-21,27,31-33H,2-8,11-15,19,22-25H2,1H3/p+1/b10-9-/t27-/m1/s1. The molecule has 0 aromatic heterocycles. The summed E-state index contributed by atoms with van der Waals surface area (Å²) in [6.45, 7) is 2.12. The second-order valence-electron chi connectivity index (χ2n) is 9.43. The number of amides is 1. The number of hydrogen-bond acceptors (Lipinski definition) is 5. The van der Waals surface area contributed by atoms with E-state index in [0.29, 0.717) is 12.8 Å². The average Bonchev–Trinajstić information content (AvgIpc) is 2.83. The molecule has 1 atom stereocenters. The highest BCUT2D eigenvalue weighted by molar-refractivity contribution is 7.53. The molecular formula is C28H49NO5P+. The molecular weight excluding hydrogens is 461 g/mol. The first kappa shape index (κ1) is 31.7. The molecule has 4 N–H and O–H groups in total. The Kier molecular flexibility index (Phi) is 18.9. The van der Waals surface area contributed by atoms with E-state index in [2.05, 4.69) is 24.4 Å². The molecule has 0 unspecified atom stereocenters. The van der Waals surface area contributed by atoms with Gasteiger partial charge in [0.05, 0.1) is 6.04 Å². The molecule has 7 heteroatoms. The SMILES string of the molecule is CCCCCCCC/C=C\CCCCCCCC(=O)N[C@H](CCc1ccccc1)CO[P+](O)(O)O. The Bertz CT molecular complexity index is 663. The fraction of sp³-hybridized carbons (Fsp3) is 0.679.